The Morgan fingerprint density at radius 2 is 1.89 bits per heavy atom. The lowest BCUT2D eigenvalue weighted by atomic mass is 10.2. The number of benzene rings is 1. The van der Waals surface area contributed by atoms with Gasteiger partial charge in [0.05, 0.1) is 25.4 Å². The van der Waals surface area contributed by atoms with Gasteiger partial charge in [-0.3, -0.25) is 4.79 Å². The van der Waals surface area contributed by atoms with Gasteiger partial charge in [0.1, 0.15) is 12.4 Å². The molecule has 0 radical (unpaired) electrons. The molecule has 1 rings (SSSR count). The fourth-order valence-electron chi connectivity index (χ4n) is 1.29. The minimum Gasteiger partial charge on any atom is -0.491 e. The van der Waals surface area contributed by atoms with Crippen LogP contribution in [0.2, 0.25) is 0 Å². The van der Waals surface area contributed by atoms with E-state index in [1.54, 1.807) is 24.3 Å². The monoisotopic (exact) mass is 268 g/mol. The lowest BCUT2D eigenvalue weighted by Crippen LogP contribution is -2.08. The average molecular weight is 268 g/mol. The van der Waals surface area contributed by atoms with Crippen LogP contribution in [0.3, 0.4) is 0 Å². The summed E-state index contributed by atoms with van der Waals surface area (Å²) in [5, 5.41) is 8.60. The lowest BCUT2D eigenvalue weighted by Gasteiger charge is -2.06. The summed E-state index contributed by atoms with van der Waals surface area (Å²) in [5.74, 6) is 0.129. The van der Waals surface area contributed by atoms with Crippen molar-refractivity contribution in [3.8, 4) is 5.75 Å². The van der Waals surface area contributed by atoms with E-state index in [4.69, 9.17) is 14.6 Å². The van der Waals surface area contributed by atoms with Crippen molar-refractivity contribution in [3.63, 3.8) is 0 Å². The third-order valence-corrected chi connectivity index (χ3v) is 2.16. The summed E-state index contributed by atoms with van der Waals surface area (Å²) in [6.45, 7) is 0.917. The molecule has 19 heavy (non-hydrogen) atoms. The van der Waals surface area contributed by atoms with Gasteiger partial charge >= 0.3 is 5.97 Å². The molecule has 0 spiro atoms. The van der Waals surface area contributed by atoms with E-state index < -0.39 is 5.97 Å². The van der Waals surface area contributed by atoms with Crippen molar-refractivity contribution in [2.45, 2.75) is 6.42 Å². The van der Waals surface area contributed by atoms with Gasteiger partial charge in [0.2, 0.25) is 0 Å². The highest BCUT2D eigenvalue weighted by Crippen LogP contribution is 2.12. The van der Waals surface area contributed by atoms with Gasteiger partial charge in [0, 0.05) is 6.42 Å². The number of carbonyl (C=O) groups is 2. The molecule has 1 N–H and O–H groups in total. The van der Waals surface area contributed by atoms with E-state index >= 15 is 0 Å². The Balaban J connectivity index is 2.33. The first-order chi connectivity index (χ1) is 9.27. The predicted octanol–water partition coefficient (Wildman–Crippen LogP) is 0.778. The zero-order chi connectivity index (χ0) is 13.9. The number of ether oxygens (including phenoxy) is 3. The van der Waals surface area contributed by atoms with Gasteiger partial charge in [-0.1, -0.05) is 0 Å². The van der Waals surface area contributed by atoms with Gasteiger partial charge in [-0.15, -0.1) is 0 Å². The first-order valence-electron chi connectivity index (χ1n) is 5.84. The molecule has 0 aromatic heterocycles. The van der Waals surface area contributed by atoms with E-state index in [1.165, 1.54) is 0 Å². The Labute approximate surface area is 110 Å². The second-order valence-electron chi connectivity index (χ2n) is 3.55. The Morgan fingerprint density at radius 1 is 1.16 bits per heavy atom. The van der Waals surface area contributed by atoms with E-state index in [-0.39, 0.29) is 26.4 Å². The SMILES string of the molecule is O=COCCCOC(=O)c1ccc(OCCO)cc1. The molecule has 0 saturated carbocycles. The third-order valence-electron chi connectivity index (χ3n) is 2.16. The zero-order valence-electron chi connectivity index (χ0n) is 10.4. The van der Waals surface area contributed by atoms with Crippen molar-refractivity contribution in [2.75, 3.05) is 26.4 Å². The molecule has 0 bridgehead atoms. The van der Waals surface area contributed by atoms with Crippen LogP contribution in [0.15, 0.2) is 24.3 Å². The van der Waals surface area contributed by atoms with Crippen LogP contribution in [0.5, 0.6) is 5.75 Å². The summed E-state index contributed by atoms with van der Waals surface area (Å²) in [4.78, 5) is 21.5. The molecule has 0 aliphatic carbocycles. The maximum atomic E-state index is 11.6. The number of hydrogen-bond acceptors (Lipinski definition) is 6. The van der Waals surface area contributed by atoms with Crippen LogP contribution in [-0.2, 0) is 14.3 Å². The van der Waals surface area contributed by atoms with Gasteiger partial charge in [-0.05, 0) is 24.3 Å². The van der Waals surface area contributed by atoms with Crippen molar-refractivity contribution in [3.05, 3.63) is 29.8 Å². The van der Waals surface area contributed by atoms with Crippen LogP contribution in [0.1, 0.15) is 16.8 Å². The second-order valence-corrected chi connectivity index (χ2v) is 3.55. The summed E-state index contributed by atoms with van der Waals surface area (Å²) >= 11 is 0. The highest BCUT2D eigenvalue weighted by atomic mass is 16.5. The largest absolute Gasteiger partial charge is 0.491 e. The van der Waals surface area contributed by atoms with Crippen LogP contribution in [0.25, 0.3) is 0 Å². The summed E-state index contributed by atoms with van der Waals surface area (Å²) < 4.78 is 14.6. The third kappa shape index (κ3) is 5.87. The number of aliphatic hydroxyl groups is 1. The highest BCUT2D eigenvalue weighted by Gasteiger charge is 2.06. The minimum absolute atomic E-state index is 0.0628. The van der Waals surface area contributed by atoms with Gasteiger partial charge < -0.3 is 19.3 Å². The normalized spacial score (nSPS) is 9.74. The van der Waals surface area contributed by atoms with Crippen LogP contribution in [0.4, 0.5) is 0 Å². The van der Waals surface area contributed by atoms with Crippen molar-refractivity contribution >= 4 is 12.4 Å². The summed E-state index contributed by atoms with van der Waals surface area (Å²) in [6.07, 6.45) is 0.460. The fraction of sp³-hybridized carbons (Fsp3) is 0.385. The molecule has 0 aliphatic heterocycles. The van der Waals surface area contributed by atoms with Gasteiger partial charge in [0.25, 0.3) is 6.47 Å². The highest BCUT2D eigenvalue weighted by molar-refractivity contribution is 5.89. The van der Waals surface area contributed by atoms with Gasteiger partial charge in [-0.2, -0.15) is 0 Å². The van der Waals surface area contributed by atoms with E-state index in [2.05, 4.69) is 4.74 Å². The molecule has 104 valence electrons. The van der Waals surface area contributed by atoms with Gasteiger partial charge in [-0.25, -0.2) is 4.79 Å². The average Bonchev–Trinajstić information content (AvgIpc) is 2.45. The smallest absolute Gasteiger partial charge is 0.338 e. The molecule has 6 nitrogen and oxygen atoms in total. The number of esters is 1. The summed E-state index contributed by atoms with van der Waals surface area (Å²) in [7, 11) is 0. The van der Waals surface area contributed by atoms with Crippen molar-refractivity contribution in [2.24, 2.45) is 0 Å². The fourth-order valence-corrected chi connectivity index (χ4v) is 1.29. The number of aliphatic hydroxyl groups excluding tert-OH is 1. The molecule has 0 unspecified atom stereocenters. The topological polar surface area (TPSA) is 82.1 Å². The molecule has 0 aliphatic rings. The molecular formula is C13H16O6. The Bertz CT molecular complexity index is 387. The second kappa shape index (κ2) is 8.93. The molecule has 0 saturated heterocycles. The molecule has 0 atom stereocenters. The van der Waals surface area contributed by atoms with Crippen LogP contribution in [0, 0.1) is 0 Å². The van der Waals surface area contributed by atoms with E-state index in [9.17, 15) is 9.59 Å². The quantitative estimate of drug-likeness (QED) is 0.405. The molecule has 0 fully saturated rings. The molecule has 1 aromatic carbocycles. The maximum Gasteiger partial charge on any atom is 0.338 e. The van der Waals surface area contributed by atoms with Crippen LogP contribution >= 0.6 is 0 Å². The minimum atomic E-state index is -0.445. The first-order valence-corrected chi connectivity index (χ1v) is 5.84. The van der Waals surface area contributed by atoms with E-state index in [0.717, 1.165) is 0 Å². The predicted molar refractivity (Wildman–Crippen MR) is 65.9 cm³/mol. The molecule has 0 heterocycles. The van der Waals surface area contributed by atoms with Crippen molar-refractivity contribution in [1.29, 1.82) is 0 Å². The number of hydrogen-bond donors (Lipinski definition) is 1. The standard InChI is InChI=1S/C13H16O6/c14-6-9-18-12-4-2-11(3-5-12)13(16)19-8-1-7-17-10-15/h2-5,10,14H,1,6-9H2. The van der Waals surface area contributed by atoms with E-state index in [0.29, 0.717) is 24.2 Å². The molecule has 6 heteroatoms. The van der Waals surface area contributed by atoms with Crippen LogP contribution < -0.4 is 4.74 Å². The Morgan fingerprint density at radius 3 is 2.53 bits per heavy atom. The molecule has 0 amide bonds. The van der Waals surface area contributed by atoms with E-state index in [1.807, 2.05) is 0 Å². The van der Waals surface area contributed by atoms with Gasteiger partial charge in [0.15, 0.2) is 0 Å². The van der Waals surface area contributed by atoms with Crippen molar-refractivity contribution in [1.82, 2.24) is 0 Å². The molecule has 1 aromatic rings. The lowest BCUT2D eigenvalue weighted by molar-refractivity contribution is -0.128. The zero-order valence-corrected chi connectivity index (χ0v) is 10.4. The Hall–Kier alpha value is -2.08. The summed E-state index contributed by atoms with van der Waals surface area (Å²) in [6, 6.07) is 6.41. The number of carbonyl (C=O) groups excluding carboxylic acids is 2. The summed E-state index contributed by atoms with van der Waals surface area (Å²) in [5.41, 5.74) is 0.410. The number of rotatable bonds is 9. The Kier molecular flexibility index (Phi) is 7.04. The maximum absolute atomic E-state index is 11.6. The first kappa shape index (κ1) is 15.0. The van der Waals surface area contributed by atoms with Crippen LogP contribution in [-0.4, -0.2) is 44.0 Å². The molecular weight excluding hydrogens is 252 g/mol. The van der Waals surface area contributed by atoms with Crippen molar-refractivity contribution < 1.29 is 28.9 Å².